The number of halogens is 1. The molecule has 2 aliphatic heterocycles. The summed E-state index contributed by atoms with van der Waals surface area (Å²) in [6.45, 7) is 5.78. The number of ketones is 1. The Bertz CT molecular complexity index is 1070. The van der Waals surface area contributed by atoms with E-state index >= 15 is 0 Å². The molecule has 7 nitrogen and oxygen atoms in total. The Morgan fingerprint density at radius 2 is 1.49 bits per heavy atom. The van der Waals surface area contributed by atoms with Crippen LogP contribution in [0.5, 0.6) is 0 Å². The normalized spacial score (nSPS) is 25.4. The number of amides is 1. The van der Waals surface area contributed by atoms with Crippen LogP contribution < -0.4 is 22.3 Å². The number of alkyl carbamates (subject to hydrolysis) is 1. The van der Waals surface area contributed by atoms with Gasteiger partial charge in [-0.2, -0.15) is 0 Å². The number of rotatable bonds is 7. The Kier molecular flexibility index (Phi) is 9.18. The van der Waals surface area contributed by atoms with Crippen LogP contribution in [0.2, 0.25) is 0 Å². The van der Waals surface area contributed by atoms with E-state index in [0.29, 0.717) is 29.4 Å². The number of hydrogen-bond acceptors (Lipinski definition) is 5. The Morgan fingerprint density at radius 1 is 0.946 bits per heavy atom. The minimum atomic E-state index is -0.957. The minimum absolute atomic E-state index is 0. The summed E-state index contributed by atoms with van der Waals surface area (Å²) in [7, 11) is 2.16. The Hall–Kier alpha value is -2.71. The third kappa shape index (κ3) is 6.99. The Balaban J connectivity index is 0.00000380. The molecule has 5 atom stereocenters. The largest absolute Gasteiger partial charge is 1.00 e. The summed E-state index contributed by atoms with van der Waals surface area (Å²) < 4.78 is 12.1. The van der Waals surface area contributed by atoms with Crippen molar-refractivity contribution in [3.05, 3.63) is 71.8 Å². The summed E-state index contributed by atoms with van der Waals surface area (Å²) >= 11 is 0. The molecule has 2 fully saturated rings. The standard InChI is InChI=1S/C29H36N2O5.BrH/c1-29(2,3)36-28(34)30-26(21-13-9-6-10-14-21)27(33)35-24-17-22-15-16-23(18-24)31(22,4)19-25(32)20-11-7-5-8-12-20;/h5-14,22-24,26H,15-19H2,1-4H3;1H/t22-,23+,24-,26?,31?;. The molecule has 2 aromatic rings. The van der Waals surface area contributed by atoms with Crippen molar-refractivity contribution in [3.8, 4) is 0 Å². The van der Waals surface area contributed by atoms with Crippen LogP contribution >= 0.6 is 0 Å². The second kappa shape index (κ2) is 11.8. The zero-order chi connectivity index (χ0) is 25.9. The first-order valence-corrected chi connectivity index (χ1v) is 12.7. The van der Waals surface area contributed by atoms with Crippen LogP contribution in [0.1, 0.15) is 68.4 Å². The van der Waals surface area contributed by atoms with E-state index in [4.69, 9.17) is 9.47 Å². The number of fused-ring (bicyclic) bond motifs is 2. The van der Waals surface area contributed by atoms with Gasteiger partial charge in [0, 0.05) is 31.2 Å². The topological polar surface area (TPSA) is 81.7 Å². The molecule has 2 aromatic carbocycles. The fourth-order valence-electron chi connectivity index (χ4n) is 5.65. The van der Waals surface area contributed by atoms with E-state index in [0.717, 1.165) is 18.4 Å². The first-order valence-electron chi connectivity index (χ1n) is 12.7. The summed E-state index contributed by atoms with van der Waals surface area (Å²) in [6.07, 6.45) is 2.51. The summed E-state index contributed by atoms with van der Waals surface area (Å²) in [5.41, 5.74) is 0.696. The maximum atomic E-state index is 13.3. The molecule has 1 N–H and O–H groups in total. The van der Waals surface area contributed by atoms with Gasteiger partial charge in [0.25, 0.3) is 0 Å². The van der Waals surface area contributed by atoms with Crippen molar-refractivity contribution in [1.82, 2.24) is 5.32 Å². The summed E-state index contributed by atoms with van der Waals surface area (Å²) in [4.78, 5) is 38.8. The number of ether oxygens (including phenoxy) is 2. The molecule has 1 amide bonds. The van der Waals surface area contributed by atoms with E-state index in [9.17, 15) is 14.4 Å². The number of Topliss-reactive ketones (excluding diaryl/α,β-unsaturated/α-hetero) is 1. The van der Waals surface area contributed by atoms with Gasteiger partial charge < -0.3 is 36.3 Å². The third-order valence-electron chi connectivity index (χ3n) is 7.46. The van der Waals surface area contributed by atoms with Crippen LogP contribution in [0.15, 0.2) is 60.7 Å². The minimum Gasteiger partial charge on any atom is -1.00 e. The van der Waals surface area contributed by atoms with E-state index in [2.05, 4.69) is 12.4 Å². The van der Waals surface area contributed by atoms with Crippen LogP contribution in [0.25, 0.3) is 0 Å². The fourth-order valence-corrected chi connectivity index (χ4v) is 5.65. The number of likely N-dealkylation sites (N-methyl/N-ethyl adjacent to an activating group) is 1. The molecule has 2 heterocycles. The number of nitrogens with one attached hydrogen (secondary N) is 1. The number of piperidine rings is 1. The van der Waals surface area contributed by atoms with Crippen molar-refractivity contribution >= 4 is 17.8 Å². The second-order valence-electron chi connectivity index (χ2n) is 11.2. The van der Waals surface area contributed by atoms with E-state index in [1.54, 1.807) is 32.9 Å². The maximum absolute atomic E-state index is 13.3. The molecule has 0 saturated carbocycles. The first kappa shape index (κ1) is 28.9. The van der Waals surface area contributed by atoms with Gasteiger partial charge in [0.15, 0.2) is 6.04 Å². The molecular weight excluding hydrogens is 536 g/mol. The van der Waals surface area contributed by atoms with Gasteiger partial charge in [-0.1, -0.05) is 60.7 Å². The van der Waals surface area contributed by atoms with Crippen LogP contribution in [0, 0.1) is 0 Å². The molecule has 8 heteroatoms. The molecule has 0 aliphatic carbocycles. The van der Waals surface area contributed by atoms with Gasteiger partial charge in [-0.05, 0) is 26.3 Å². The number of esters is 1. The van der Waals surface area contributed by atoms with Crippen molar-refractivity contribution in [2.24, 2.45) is 0 Å². The highest BCUT2D eigenvalue weighted by Crippen LogP contribution is 2.42. The van der Waals surface area contributed by atoms with E-state index in [1.807, 2.05) is 48.5 Å². The van der Waals surface area contributed by atoms with Crippen molar-refractivity contribution < 1.29 is 45.3 Å². The average molecular weight is 574 g/mol. The number of carbonyl (C=O) groups is 3. The lowest BCUT2D eigenvalue weighted by molar-refractivity contribution is -0.941. The summed E-state index contributed by atoms with van der Waals surface area (Å²) in [5.74, 6) is -0.343. The third-order valence-corrected chi connectivity index (χ3v) is 7.46. The average Bonchev–Trinajstić information content (AvgIpc) is 2.98. The zero-order valence-corrected chi connectivity index (χ0v) is 23.6. The quantitative estimate of drug-likeness (QED) is 0.311. The van der Waals surface area contributed by atoms with Crippen molar-refractivity contribution in [2.75, 3.05) is 13.6 Å². The number of nitrogens with zero attached hydrogens (tertiary/aromatic N) is 1. The van der Waals surface area contributed by atoms with Gasteiger partial charge in [-0.25, -0.2) is 9.59 Å². The molecule has 0 aromatic heterocycles. The monoisotopic (exact) mass is 572 g/mol. The van der Waals surface area contributed by atoms with E-state index < -0.39 is 23.7 Å². The summed E-state index contributed by atoms with van der Waals surface area (Å²) in [5, 5.41) is 2.69. The van der Waals surface area contributed by atoms with Crippen LogP contribution in [-0.2, 0) is 14.3 Å². The highest BCUT2D eigenvalue weighted by Gasteiger charge is 2.53. The molecule has 2 aliphatic rings. The Morgan fingerprint density at radius 3 is 2.03 bits per heavy atom. The van der Waals surface area contributed by atoms with Crippen LogP contribution in [0.3, 0.4) is 0 Å². The first-order chi connectivity index (χ1) is 17.0. The van der Waals surface area contributed by atoms with Gasteiger partial charge >= 0.3 is 12.1 Å². The number of quaternary nitrogens is 1. The highest BCUT2D eigenvalue weighted by molar-refractivity contribution is 5.97. The van der Waals surface area contributed by atoms with Crippen molar-refractivity contribution in [1.29, 1.82) is 0 Å². The lowest BCUT2D eigenvalue weighted by Gasteiger charge is -2.46. The van der Waals surface area contributed by atoms with Crippen LogP contribution in [0.4, 0.5) is 4.79 Å². The van der Waals surface area contributed by atoms with Gasteiger partial charge in [-0.15, -0.1) is 0 Å². The van der Waals surface area contributed by atoms with Gasteiger partial charge in [-0.3, -0.25) is 4.79 Å². The van der Waals surface area contributed by atoms with Crippen molar-refractivity contribution in [2.45, 2.75) is 76.3 Å². The lowest BCUT2D eigenvalue weighted by Crippen LogP contribution is -3.00. The summed E-state index contributed by atoms with van der Waals surface area (Å²) in [6, 6.07) is 18.0. The van der Waals surface area contributed by atoms with Crippen molar-refractivity contribution in [3.63, 3.8) is 0 Å². The lowest BCUT2D eigenvalue weighted by atomic mass is 9.95. The number of carbonyl (C=O) groups excluding carboxylic acids is 3. The molecule has 37 heavy (non-hydrogen) atoms. The maximum Gasteiger partial charge on any atom is 0.408 e. The predicted octanol–water partition coefficient (Wildman–Crippen LogP) is 1.82. The van der Waals surface area contributed by atoms with Gasteiger partial charge in [0.05, 0.1) is 19.1 Å². The molecule has 2 saturated heterocycles. The number of hydrogen-bond donors (Lipinski definition) is 1. The fraction of sp³-hybridized carbons (Fsp3) is 0.483. The number of benzene rings is 2. The zero-order valence-electron chi connectivity index (χ0n) is 22.0. The smallest absolute Gasteiger partial charge is 0.408 e. The SMILES string of the molecule is CC(C)(C)OC(=O)NC(C(=O)O[C@@H]1C[C@H]2CC[C@@H](C1)[N+]2(C)CC(=O)c1ccccc1)c1ccccc1.[Br-]. The van der Waals surface area contributed by atoms with Gasteiger partial charge in [0.2, 0.25) is 5.78 Å². The van der Waals surface area contributed by atoms with Crippen LogP contribution in [-0.4, -0.2) is 59.7 Å². The molecule has 4 rings (SSSR count). The van der Waals surface area contributed by atoms with E-state index in [-0.39, 0.29) is 41.0 Å². The molecule has 0 spiro atoms. The predicted molar refractivity (Wildman–Crippen MR) is 136 cm³/mol. The molecule has 200 valence electrons. The second-order valence-corrected chi connectivity index (χ2v) is 11.2. The molecule has 0 radical (unpaired) electrons. The Labute approximate surface area is 229 Å². The molecular formula is C29H37BrN2O5. The molecule has 2 bridgehead atoms. The highest BCUT2D eigenvalue weighted by atomic mass is 79.9. The molecule has 2 unspecified atom stereocenters. The van der Waals surface area contributed by atoms with E-state index in [1.165, 1.54) is 0 Å². The van der Waals surface area contributed by atoms with Gasteiger partial charge in [0.1, 0.15) is 18.2 Å².